The van der Waals surface area contributed by atoms with E-state index in [1.807, 2.05) is 7.05 Å². The van der Waals surface area contributed by atoms with Gasteiger partial charge in [-0.1, -0.05) is 42.5 Å². The van der Waals surface area contributed by atoms with Crippen molar-refractivity contribution >= 4 is 10.8 Å². The van der Waals surface area contributed by atoms with Gasteiger partial charge >= 0.3 is 0 Å². The van der Waals surface area contributed by atoms with E-state index in [0.29, 0.717) is 0 Å². The Morgan fingerprint density at radius 3 is 2.62 bits per heavy atom. The smallest absolute Gasteiger partial charge is 0.0387 e. The molecular weight excluding hydrogens is 158 g/mol. The maximum absolute atomic E-state index is 4.16. The Kier molecular flexibility index (Phi) is 2.28. The van der Waals surface area contributed by atoms with Gasteiger partial charge in [-0.2, -0.15) is 0 Å². The van der Waals surface area contributed by atoms with Crippen LogP contribution < -0.4 is 5.32 Å². The van der Waals surface area contributed by atoms with Crippen LogP contribution in [0.2, 0.25) is 0 Å². The number of rotatable bonds is 2. The van der Waals surface area contributed by atoms with E-state index in [9.17, 15) is 0 Å². The molecule has 0 fully saturated rings. The summed E-state index contributed by atoms with van der Waals surface area (Å²) >= 11 is 0. The molecule has 0 aliphatic carbocycles. The molecule has 1 radical (unpaired) electrons. The molecule has 0 aliphatic heterocycles. The van der Waals surface area contributed by atoms with Crippen molar-refractivity contribution in [3.63, 3.8) is 0 Å². The highest BCUT2D eigenvalue weighted by Gasteiger charge is 1.97. The third-order valence-corrected chi connectivity index (χ3v) is 2.21. The van der Waals surface area contributed by atoms with Crippen molar-refractivity contribution in [3.8, 4) is 0 Å². The molecule has 0 spiro atoms. The zero-order chi connectivity index (χ0) is 9.10. The second-order valence-corrected chi connectivity index (χ2v) is 3.11. The highest BCUT2D eigenvalue weighted by Crippen LogP contribution is 2.17. The summed E-state index contributed by atoms with van der Waals surface area (Å²) in [5.41, 5.74) is 1.31. The van der Waals surface area contributed by atoms with Gasteiger partial charge in [0, 0.05) is 13.6 Å². The van der Waals surface area contributed by atoms with Gasteiger partial charge in [0.05, 0.1) is 0 Å². The highest BCUT2D eigenvalue weighted by molar-refractivity contribution is 5.85. The Morgan fingerprint density at radius 2 is 1.77 bits per heavy atom. The van der Waals surface area contributed by atoms with Crippen LogP contribution in [0, 0.1) is 0 Å². The zero-order valence-corrected chi connectivity index (χ0v) is 7.70. The Hall–Kier alpha value is -1.34. The fourth-order valence-electron chi connectivity index (χ4n) is 1.60. The molecule has 0 amide bonds. The van der Waals surface area contributed by atoms with Crippen LogP contribution in [0.4, 0.5) is 0 Å². The number of nitrogens with zero attached hydrogens (tertiary/aromatic N) is 1. The summed E-state index contributed by atoms with van der Waals surface area (Å²) in [5, 5.41) is 6.77. The standard InChI is InChI=1S/C12H12N/c1-13-9-11-7-4-6-10-5-2-3-8-12(10)11/h2-8H,9H2,1H3. The first-order valence-electron chi connectivity index (χ1n) is 4.44. The average molecular weight is 170 g/mol. The fraction of sp³-hybridized carbons (Fsp3) is 0.167. The normalized spacial score (nSPS) is 10.5. The van der Waals surface area contributed by atoms with Crippen molar-refractivity contribution in [1.82, 2.24) is 5.32 Å². The topological polar surface area (TPSA) is 14.1 Å². The first-order valence-corrected chi connectivity index (χ1v) is 4.44. The van der Waals surface area contributed by atoms with Gasteiger partial charge in [0.1, 0.15) is 0 Å². The maximum atomic E-state index is 4.16. The molecule has 2 rings (SSSR count). The van der Waals surface area contributed by atoms with Crippen LogP contribution in [-0.2, 0) is 6.54 Å². The summed E-state index contributed by atoms with van der Waals surface area (Å²) in [6.45, 7) is 0.807. The summed E-state index contributed by atoms with van der Waals surface area (Å²) in [6, 6.07) is 14.8. The molecule has 0 unspecified atom stereocenters. The van der Waals surface area contributed by atoms with Crippen molar-refractivity contribution < 1.29 is 0 Å². The zero-order valence-electron chi connectivity index (χ0n) is 7.70. The van der Waals surface area contributed by atoms with Crippen molar-refractivity contribution in [2.75, 3.05) is 7.05 Å². The lowest BCUT2D eigenvalue weighted by Gasteiger charge is -2.03. The van der Waals surface area contributed by atoms with Gasteiger partial charge in [0.2, 0.25) is 0 Å². The molecule has 2 aromatic rings. The summed E-state index contributed by atoms with van der Waals surface area (Å²) in [6.07, 6.45) is 0. The van der Waals surface area contributed by atoms with Crippen LogP contribution in [0.15, 0.2) is 42.5 Å². The first kappa shape index (κ1) is 8.27. The third kappa shape index (κ3) is 1.56. The minimum atomic E-state index is 0.807. The lowest BCUT2D eigenvalue weighted by atomic mass is 10.0. The van der Waals surface area contributed by atoms with Crippen molar-refractivity contribution in [3.05, 3.63) is 48.0 Å². The Bertz CT molecular complexity index is 401. The molecule has 13 heavy (non-hydrogen) atoms. The largest absolute Gasteiger partial charge is 0.240 e. The monoisotopic (exact) mass is 170 g/mol. The molecule has 0 saturated heterocycles. The number of benzene rings is 2. The number of hydrogen-bond donors (Lipinski definition) is 0. The van der Waals surface area contributed by atoms with Gasteiger partial charge in [-0.15, -0.1) is 0 Å². The first-order chi connectivity index (χ1) is 6.42. The summed E-state index contributed by atoms with van der Waals surface area (Å²) in [5.74, 6) is 0. The predicted octanol–water partition coefficient (Wildman–Crippen LogP) is 2.57. The molecule has 0 aliphatic rings. The molecule has 1 heteroatoms. The molecule has 0 atom stereocenters. The van der Waals surface area contributed by atoms with Gasteiger partial charge in [0.15, 0.2) is 0 Å². The molecule has 1 nitrogen and oxygen atoms in total. The lowest BCUT2D eigenvalue weighted by molar-refractivity contribution is 0.805. The number of hydrogen-bond acceptors (Lipinski definition) is 0. The molecular formula is C12H12N. The predicted molar refractivity (Wildman–Crippen MR) is 55.7 cm³/mol. The second-order valence-electron chi connectivity index (χ2n) is 3.11. The Labute approximate surface area is 78.4 Å². The van der Waals surface area contributed by atoms with Gasteiger partial charge in [-0.05, 0) is 16.3 Å². The van der Waals surface area contributed by atoms with E-state index < -0.39 is 0 Å². The van der Waals surface area contributed by atoms with E-state index >= 15 is 0 Å². The fourth-order valence-corrected chi connectivity index (χ4v) is 1.60. The average Bonchev–Trinajstić information content (AvgIpc) is 2.19. The van der Waals surface area contributed by atoms with Crippen molar-refractivity contribution in [2.24, 2.45) is 0 Å². The molecule has 0 heterocycles. The van der Waals surface area contributed by atoms with Crippen LogP contribution in [0.3, 0.4) is 0 Å². The minimum Gasteiger partial charge on any atom is -0.240 e. The SMILES string of the molecule is C[N]Cc1cccc2ccccc12. The van der Waals surface area contributed by atoms with Crippen LogP contribution in [-0.4, -0.2) is 7.05 Å². The molecule has 0 bridgehead atoms. The van der Waals surface area contributed by atoms with E-state index in [2.05, 4.69) is 47.8 Å². The van der Waals surface area contributed by atoms with Crippen LogP contribution in [0.5, 0.6) is 0 Å². The Balaban J connectivity index is 2.61. The molecule has 2 aromatic carbocycles. The van der Waals surface area contributed by atoms with E-state index in [1.165, 1.54) is 16.3 Å². The van der Waals surface area contributed by atoms with E-state index in [1.54, 1.807) is 0 Å². The maximum Gasteiger partial charge on any atom is 0.0387 e. The van der Waals surface area contributed by atoms with Gasteiger partial charge < -0.3 is 0 Å². The third-order valence-electron chi connectivity index (χ3n) is 2.21. The highest BCUT2D eigenvalue weighted by atomic mass is 14.8. The van der Waals surface area contributed by atoms with E-state index in [-0.39, 0.29) is 0 Å². The summed E-state index contributed by atoms with van der Waals surface area (Å²) in [7, 11) is 1.85. The van der Waals surface area contributed by atoms with Gasteiger partial charge in [-0.3, -0.25) is 0 Å². The van der Waals surface area contributed by atoms with E-state index in [4.69, 9.17) is 0 Å². The molecule has 0 saturated carbocycles. The quantitative estimate of drug-likeness (QED) is 0.657. The molecule has 65 valence electrons. The molecule has 0 aromatic heterocycles. The van der Waals surface area contributed by atoms with E-state index in [0.717, 1.165) is 6.54 Å². The minimum absolute atomic E-state index is 0.807. The lowest BCUT2D eigenvalue weighted by Crippen LogP contribution is -1.97. The molecule has 0 N–H and O–H groups in total. The second kappa shape index (κ2) is 3.58. The number of fused-ring (bicyclic) bond motifs is 1. The van der Waals surface area contributed by atoms with Crippen LogP contribution >= 0.6 is 0 Å². The van der Waals surface area contributed by atoms with Crippen molar-refractivity contribution in [1.29, 1.82) is 0 Å². The van der Waals surface area contributed by atoms with Crippen LogP contribution in [0.25, 0.3) is 10.8 Å². The van der Waals surface area contributed by atoms with Gasteiger partial charge in [0.25, 0.3) is 0 Å². The summed E-state index contributed by atoms with van der Waals surface area (Å²) < 4.78 is 0. The van der Waals surface area contributed by atoms with Crippen LogP contribution in [0.1, 0.15) is 5.56 Å². The van der Waals surface area contributed by atoms with Gasteiger partial charge in [-0.25, -0.2) is 5.32 Å². The Morgan fingerprint density at radius 1 is 1.00 bits per heavy atom. The van der Waals surface area contributed by atoms with Crippen molar-refractivity contribution in [2.45, 2.75) is 6.54 Å². The summed E-state index contributed by atoms with van der Waals surface area (Å²) in [4.78, 5) is 0.